The fourth-order valence-corrected chi connectivity index (χ4v) is 4.16. The second-order valence-corrected chi connectivity index (χ2v) is 8.95. The quantitative estimate of drug-likeness (QED) is 0.303. The first kappa shape index (κ1) is 14.8. The number of hydrogen-bond donors (Lipinski definition) is 0. The Hall–Kier alpha value is -0.243. The van der Waals surface area contributed by atoms with Gasteiger partial charge in [-0.1, -0.05) is 46.6 Å². The van der Waals surface area contributed by atoms with E-state index in [0.717, 1.165) is 0 Å². The van der Waals surface area contributed by atoms with Crippen LogP contribution in [-0.4, -0.2) is 8.32 Å². The highest BCUT2D eigenvalue weighted by molar-refractivity contribution is 6.73. The van der Waals surface area contributed by atoms with E-state index in [0.29, 0.717) is 0 Å². The fourth-order valence-electron chi connectivity index (χ4n) is 1.77. The largest absolute Gasteiger partial charge is 0.549 e. The highest BCUT2D eigenvalue weighted by atomic mass is 28.4. The van der Waals surface area contributed by atoms with Gasteiger partial charge in [-0.25, -0.2) is 0 Å². The Bertz CT molecular complexity index is 154. The lowest BCUT2D eigenvalue weighted by molar-refractivity contribution is 0.455. The molecule has 0 aromatic rings. The lowest BCUT2D eigenvalue weighted by Crippen LogP contribution is -2.33. The molecule has 0 aliphatic heterocycles. The first-order valence-electron chi connectivity index (χ1n) is 6.57. The summed E-state index contributed by atoms with van der Waals surface area (Å²) >= 11 is 0. The average Bonchev–Trinajstić information content (AvgIpc) is 2.29. The Balaban J connectivity index is 3.78. The maximum Gasteiger partial charge on any atom is 0.249 e. The molecular weight excluding hydrogens is 200 g/mol. The van der Waals surface area contributed by atoms with Gasteiger partial charge >= 0.3 is 0 Å². The smallest absolute Gasteiger partial charge is 0.249 e. The Kier molecular flexibility index (Phi) is 8.87. The molecule has 0 spiro atoms. The van der Waals surface area contributed by atoms with Gasteiger partial charge in [-0.05, 0) is 31.0 Å². The standard InChI is InChI=1S/C13H28OSi/c1-5-9-10-11-12-13-14-15(6-2,7-3)8-4/h12-13H,5-11H2,1-4H3/b13-12+. The van der Waals surface area contributed by atoms with Gasteiger partial charge < -0.3 is 4.43 Å². The van der Waals surface area contributed by atoms with Crippen LogP contribution in [0, 0.1) is 0 Å². The van der Waals surface area contributed by atoms with E-state index >= 15 is 0 Å². The predicted molar refractivity (Wildman–Crippen MR) is 71.6 cm³/mol. The third-order valence-electron chi connectivity index (χ3n) is 3.32. The highest BCUT2D eigenvalue weighted by Gasteiger charge is 2.28. The van der Waals surface area contributed by atoms with Crippen molar-refractivity contribution in [3.63, 3.8) is 0 Å². The van der Waals surface area contributed by atoms with Gasteiger partial charge in [-0.3, -0.25) is 0 Å². The van der Waals surface area contributed by atoms with Gasteiger partial charge in [-0.2, -0.15) is 0 Å². The molecule has 90 valence electrons. The summed E-state index contributed by atoms with van der Waals surface area (Å²) in [6.07, 6.45) is 9.30. The maximum atomic E-state index is 6.02. The zero-order chi connectivity index (χ0) is 11.6. The molecule has 2 heteroatoms. The molecule has 1 nitrogen and oxygen atoms in total. The first-order valence-corrected chi connectivity index (χ1v) is 9.10. The van der Waals surface area contributed by atoms with Gasteiger partial charge in [0.1, 0.15) is 0 Å². The molecular formula is C13H28OSi. The molecule has 0 N–H and O–H groups in total. The van der Waals surface area contributed by atoms with Crippen molar-refractivity contribution >= 4 is 8.32 Å². The van der Waals surface area contributed by atoms with Crippen molar-refractivity contribution < 1.29 is 4.43 Å². The summed E-state index contributed by atoms with van der Waals surface area (Å²) in [5.74, 6) is 0. The van der Waals surface area contributed by atoms with E-state index in [2.05, 4.69) is 33.8 Å². The van der Waals surface area contributed by atoms with Crippen LogP contribution in [0.1, 0.15) is 53.4 Å². The Morgan fingerprint density at radius 1 is 0.933 bits per heavy atom. The molecule has 0 atom stereocenters. The van der Waals surface area contributed by atoms with Crippen LogP contribution < -0.4 is 0 Å². The van der Waals surface area contributed by atoms with Crippen LogP contribution in [0.3, 0.4) is 0 Å². The van der Waals surface area contributed by atoms with E-state index in [9.17, 15) is 0 Å². The fraction of sp³-hybridized carbons (Fsp3) is 0.846. The minimum absolute atomic E-state index is 1.18. The molecule has 0 fully saturated rings. The van der Waals surface area contributed by atoms with E-state index in [4.69, 9.17) is 4.43 Å². The molecule has 0 saturated heterocycles. The summed E-state index contributed by atoms with van der Waals surface area (Å²) in [5.41, 5.74) is 0. The van der Waals surface area contributed by atoms with Crippen molar-refractivity contribution in [3.8, 4) is 0 Å². The molecule has 15 heavy (non-hydrogen) atoms. The molecule has 0 saturated carbocycles. The van der Waals surface area contributed by atoms with Crippen molar-refractivity contribution in [2.24, 2.45) is 0 Å². The molecule has 0 rings (SSSR count). The molecule has 0 heterocycles. The number of hydrogen-bond acceptors (Lipinski definition) is 1. The van der Waals surface area contributed by atoms with Gasteiger partial charge in [0.2, 0.25) is 8.32 Å². The van der Waals surface area contributed by atoms with Gasteiger partial charge in [0, 0.05) is 0 Å². The summed E-state index contributed by atoms with van der Waals surface area (Å²) in [7, 11) is -1.37. The van der Waals surface area contributed by atoms with Crippen LogP contribution in [-0.2, 0) is 4.43 Å². The van der Waals surface area contributed by atoms with Gasteiger partial charge in [0.05, 0.1) is 6.26 Å². The van der Waals surface area contributed by atoms with Crippen LogP contribution >= 0.6 is 0 Å². The van der Waals surface area contributed by atoms with Gasteiger partial charge in [0.15, 0.2) is 0 Å². The Morgan fingerprint density at radius 3 is 2.00 bits per heavy atom. The van der Waals surface area contributed by atoms with Crippen molar-refractivity contribution in [1.29, 1.82) is 0 Å². The molecule has 0 amide bonds. The SMILES string of the molecule is CCCCC/C=C/O[Si](CC)(CC)CC. The van der Waals surface area contributed by atoms with Crippen LogP contribution in [0.15, 0.2) is 12.3 Å². The second-order valence-electron chi connectivity index (χ2n) is 4.23. The van der Waals surface area contributed by atoms with Gasteiger partial charge in [-0.15, -0.1) is 0 Å². The van der Waals surface area contributed by atoms with Crippen molar-refractivity contribution in [2.45, 2.75) is 71.5 Å². The van der Waals surface area contributed by atoms with Crippen molar-refractivity contribution in [2.75, 3.05) is 0 Å². The van der Waals surface area contributed by atoms with E-state index < -0.39 is 8.32 Å². The molecule has 0 aromatic carbocycles. The Morgan fingerprint density at radius 2 is 1.53 bits per heavy atom. The number of rotatable bonds is 9. The highest BCUT2D eigenvalue weighted by Crippen LogP contribution is 2.21. The molecule has 0 radical (unpaired) electrons. The number of unbranched alkanes of at least 4 members (excludes halogenated alkanes) is 3. The normalized spacial score (nSPS) is 12.3. The topological polar surface area (TPSA) is 9.23 Å². The zero-order valence-corrected chi connectivity index (χ0v) is 12.0. The maximum absolute atomic E-state index is 6.02. The van der Waals surface area contributed by atoms with Crippen molar-refractivity contribution in [1.82, 2.24) is 0 Å². The third kappa shape index (κ3) is 6.03. The minimum atomic E-state index is -1.37. The monoisotopic (exact) mass is 228 g/mol. The van der Waals surface area contributed by atoms with E-state index in [1.54, 1.807) is 0 Å². The summed E-state index contributed by atoms with van der Waals surface area (Å²) in [4.78, 5) is 0. The van der Waals surface area contributed by atoms with E-state index in [-0.39, 0.29) is 0 Å². The van der Waals surface area contributed by atoms with Crippen LogP contribution in [0.4, 0.5) is 0 Å². The summed E-state index contributed by atoms with van der Waals surface area (Å²) in [6, 6.07) is 3.71. The average molecular weight is 228 g/mol. The van der Waals surface area contributed by atoms with Crippen LogP contribution in [0.5, 0.6) is 0 Å². The van der Waals surface area contributed by atoms with Crippen LogP contribution in [0.2, 0.25) is 18.1 Å². The van der Waals surface area contributed by atoms with Gasteiger partial charge in [0.25, 0.3) is 0 Å². The zero-order valence-electron chi connectivity index (χ0n) is 11.0. The summed E-state index contributed by atoms with van der Waals surface area (Å²) in [6.45, 7) is 9.04. The second kappa shape index (κ2) is 9.02. The van der Waals surface area contributed by atoms with Crippen LogP contribution in [0.25, 0.3) is 0 Å². The first-order chi connectivity index (χ1) is 7.24. The van der Waals surface area contributed by atoms with Crippen molar-refractivity contribution in [3.05, 3.63) is 12.3 Å². The van der Waals surface area contributed by atoms with E-state index in [1.807, 2.05) is 6.26 Å². The Labute approximate surface area is 97.0 Å². The lowest BCUT2D eigenvalue weighted by atomic mass is 10.2. The predicted octanol–water partition coefficient (Wildman–Crippen LogP) is 5.10. The number of allylic oxidation sites excluding steroid dienone is 1. The molecule has 0 aliphatic rings. The molecule has 0 aromatic heterocycles. The lowest BCUT2D eigenvalue weighted by Gasteiger charge is -2.26. The summed E-state index contributed by atoms with van der Waals surface area (Å²) in [5, 5.41) is 0. The molecule has 0 unspecified atom stereocenters. The minimum Gasteiger partial charge on any atom is -0.549 e. The molecule has 0 bridgehead atoms. The summed E-state index contributed by atoms with van der Waals surface area (Å²) < 4.78 is 6.02. The third-order valence-corrected chi connectivity index (χ3v) is 7.82. The van der Waals surface area contributed by atoms with E-state index in [1.165, 1.54) is 43.8 Å². The molecule has 0 aliphatic carbocycles.